The van der Waals surface area contributed by atoms with Crippen LogP contribution in [0, 0.1) is 0 Å². The molecule has 0 saturated carbocycles. The van der Waals surface area contributed by atoms with Gasteiger partial charge in [0.25, 0.3) is 0 Å². The summed E-state index contributed by atoms with van der Waals surface area (Å²) in [7, 11) is -2.06. The fourth-order valence-electron chi connectivity index (χ4n) is 1.72. The molecule has 4 nitrogen and oxygen atoms in total. The highest BCUT2D eigenvalue weighted by Crippen LogP contribution is 2.24. The first-order valence-electron chi connectivity index (χ1n) is 5.82. The molecule has 0 amide bonds. The molecule has 1 aromatic carbocycles. The Morgan fingerprint density at radius 2 is 2.10 bits per heavy atom. The summed E-state index contributed by atoms with van der Waals surface area (Å²) in [4.78, 5) is 0.123. The summed E-state index contributed by atoms with van der Waals surface area (Å²) in [6.45, 7) is 0.0924. The van der Waals surface area contributed by atoms with E-state index < -0.39 is 10.0 Å². The lowest BCUT2D eigenvalue weighted by atomic mass is 10.2. The van der Waals surface area contributed by atoms with Crippen molar-refractivity contribution in [1.29, 1.82) is 0 Å². The molecule has 0 radical (unpaired) electrons. The lowest BCUT2D eigenvalue weighted by Crippen LogP contribution is -2.26. The van der Waals surface area contributed by atoms with E-state index >= 15 is 0 Å². The van der Waals surface area contributed by atoms with Gasteiger partial charge >= 0.3 is 0 Å². The first-order valence-corrected chi connectivity index (χ1v) is 8.58. The summed E-state index contributed by atoms with van der Waals surface area (Å²) < 4.78 is 26.1. The van der Waals surface area contributed by atoms with Crippen LogP contribution in [0.1, 0.15) is 11.1 Å². The number of sulfonamides is 1. The third-order valence-electron chi connectivity index (χ3n) is 2.89. The molecule has 0 atom stereocenters. The van der Waals surface area contributed by atoms with Crippen molar-refractivity contribution in [2.24, 2.45) is 0 Å². The third-order valence-corrected chi connectivity index (χ3v) is 5.77. The summed E-state index contributed by atoms with van der Waals surface area (Å²) in [6.07, 6.45) is 0. The highest BCUT2D eigenvalue weighted by molar-refractivity contribution is 7.89. The lowest BCUT2D eigenvalue weighted by Gasteiger charge is -2.17. The van der Waals surface area contributed by atoms with Gasteiger partial charge in [-0.25, -0.2) is 8.42 Å². The topological polar surface area (TPSA) is 57.6 Å². The van der Waals surface area contributed by atoms with Gasteiger partial charge in [-0.3, -0.25) is 0 Å². The molecule has 0 aliphatic carbocycles. The molecule has 0 unspecified atom stereocenters. The molecule has 2 rings (SSSR count). The van der Waals surface area contributed by atoms with E-state index in [4.69, 9.17) is 16.7 Å². The van der Waals surface area contributed by atoms with Gasteiger partial charge in [-0.15, -0.1) is 0 Å². The number of thiophene rings is 1. The van der Waals surface area contributed by atoms with Gasteiger partial charge in [-0.2, -0.15) is 15.6 Å². The monoisotopic (exact) mass is 331 g/mol. The normalized spacial score (nSPS) is 12.0. The molecule has 7 heteroatoms. The summed E-state index contributed by atoms with van der Waals surface area (Å²) in [6, 6.07) is 6.23. The van der Waals surface area contributed by atoms with E-state index in [9.17, 15) is 8.42 Å². The standard InChI is InChI=1S/C13H14ClNO3S2/c1-15(7-10-4-5-19-9-10)20(17,18)12-3-2-11(8-16)13(14)6-12/h2-6,9,16H,7-8H2,1H3. The number of rotatable bonds is 5. The zero-order chi connectivity index (χ0) is 14.8. The summed E-state index contributed by atoms with van der Waals surface area (Å²) in [5.74, 6) is 0. The van der Waals surface area contributed by atoms with Gasteiger partial charge in [0.2, 0.25) is 10.0 Å². The van der Waals surface area contributed by atoms with Crippen molar-refractivity contribution in [3.8, 4) is 0 Å². The van der Waals surface area contributed by atoms with Crippen LogP contribution in [0.3, 0.4) is 0 Å². The number of hydrogen-bond acceptors (Lipinski definition) is 4. The highest BCUT2D eigenvalue weighted by Gasteiger charge is 2.21. The third kappa shape index (κ3) is 3.21. The van der Waals surface area contributed by atoms with Gasteiger partial charge in [0.1, 0.15) is 0 Å². The molecule has 0 spiro atoms. The Morgan fingerprint density at radius 3 is 2.65 bits per heavy atom. The Hall–Kier alpha value is -0.920. The number of aliphatic hydroxyl groups excluding tert-OH is 1. The fourth-order valence-corrected chi connectivity index (χ4v) is 3.87. The molecule has 1 heterocycles. The summed E-state index contributed by atoms with van der Waals surface area (Å²) >= 11 is 7.47. The second-order valence-corrected chi connectivity index (χ2v) is 7.54. The van der Waals surface area contributed by atoms with E-state index in [0.29, 0.717) is 12.1 Å². The summed E-state index contributed by atoms with van der Waals surface area (Å²) in [5.41, 5.74) is 1.45. The van der Waals surface area contributed by atoms with Crippen molar-refractivity contribution in [1.82, 2.24) is 4.31 Å². The Balaban J connectivity index is 2.27. The van der Waals surface area contributed by atoms with Gasteiger partial charge in [0.05, 0.1) is 11.5 Å². The Kier molecular flexibility index (Phi) is 4.82. The van der Waals surface area contributed by atoms with Crippen molar-refractivity contribution in [2.45, 2.75) is 18.0 Å². The average molecular weight is 332 g/mol. The van der Waals surface area contributed by atoms with Crippen LogP contribution in [0.25, 0.3) is 0 Å². The van der Waals surface area contributed by atoms with E-state index in [1.54, 1.807) is 0 Å². The Labute approximate surface area is 127 Å². The van der Waals surface area contributed by atoms with E-state index in [-0.39, 0.29) is 16.5 Å². The molecule has 0 fully saturated rings. The molecule has 0 saturated heterocycles. The van der Waals surface area contributed by atoms with Crippen LogP contribution in [0.4, 0.5) is 0 Å². The van der Waals surface area contributed by atoms with Crippen molar-refractivity contribution in [3.63, 3.8) is 0 Å². The number of benzene rings is 1. The van der Waals surface area contributed by atoms with Gasteiger partial charge in [0.15, 0.2) is 0 Å². The predicted octanol–water partition coefficient (Wildman–Crippen LogP) is 2.71. The molecule has 0 aliphatic rings. The van der Waals surface area contributed by atoms with Gasteiger partial charge in [-0.1, -0.05) is 17.7 Å². The minimum Gasteiger partial charge on any atom is -0.392 e. The van der Waals surface area contributed by atoms with E-state index in [1.165, 1.54) is 40.9 Å². The van der Waals surface area contributed by atoms with Crippen LogP contribution in [-0.2, 0) is 23.2 Å². The smallest absolute Gasteiger partial charge is 0.243 e. The molecule has 20 heavy (non-hydrogen) atoms. The van der Waals surface area contributed by atoms with Crippen LogP contribution < -0.4 is 0 Å². The predicted molar refractivity (Wildman–Crippen MR) is 80.3 cm³/mol. The zero-order valence-electron chi connectivity index (χ0n) is 10.8. The van der Waals surface area contributed by atoms with Gasteiger partial charge in [0, 0.05) is 18.6 Å². The van der Waals surface area contributed by atoms with Crippen molar-refractivity contribution < 1.29 is 13.5 Å². The molecule has 1 N–H and O–H groups in total. The van der Waals surface area contributed by atoms with Crippen LogP contribution in [0.5, 0.6) is 0 Å². The maximum Gasteiger partial charge on any atom is 0.243 e. The first kappa shape index (κ1) is 15.5. The van der Waals surface area contributed by atoms with E-state index in [0.717, 1.165) is 5.56 Å². The average Bonchev–Trinajstić information content (AvgIpc) is 2.91. The fraction of sp³-hybridized carbons (Fsp3) is 0.231. The zero-order valence-corrected chi connectivity index (χ0v) is 13.2. The van der Waals surface area contributed by atoms with E-state index in [2.05, 4.69) is 0 Å². The molecule has 0 bridgehead atoms. The van der Waals surface area contributed by atoms with Crippen molar-refractivity contribution in [3.05, 3.63) is 51.2 Å². The molecule has 108 valence electrons. The maximum atomic E-state index is 12.4. The minimum atomic E-state index is -3.59. The van der Waals surface area contributed by atoms with Crippen LogP contribution in [0.2, 0.25) is 5.02 Å². The molecular weight excluding hydrogens is 318 g/mol. The highest BCUT2D eigenvalue weighted by atomic mass is 35.5. The molecule has 0 aliphatic heterocycles. The number of aliphatic hydroxyl groups is 1. The SMILES string of the molecule is CN(Cc1ccsc1)S(=O)(=O)c1ccc(CO)c(Cl)c1. The quantitative estimate of drug-likeness (QED) is 0.916. The van der Waals surface area contributed by atoms with Crippen molar-refractivity contribution >= 4 is 33.0 Å². The second-order valence-electron chi connectivity index (χ2n) is 4.30. The number of hydrogen-bond donors (Lipinski definition) is 1. The summed E-state index contributed by atoms with van der Waals surface area (Å²) in [5, 5.41) is 13.1. The minimum absolute atomic E-state index is 0.123. The number of halogens is 1. The van der Waals surface area contributed by atoms with Gasteiger partial charge < -0.3 is 5.11 Å². The lowest BCUT2D eigenvalue weighted by molar-refractivity contribution is 0.282. The molecule has 2 aromatic rings. The first-order chi connectivity index (χ1) is 9.45. The van der Waals surface area contributed by atoms with E-state index in [1.807, 2.05) is 16.8 Å². The Morgan fingerprint density at radius 1 is 1.35 bits per heavy atom. The number of nitrogens with zero attached hydrogens (tertiary/aromatic N) is 1. The molecule has 1 aromatic heterocycles. The maximum absolute atomic E-state index is 12.4. The molecular formula is C13H14ClNO3S2. The van der Waals surface area contributed by atoms with Crippen LogP contribution in [0.15, 0.2) is 39.9 Å². The van der Waals surface area contributed by atoms with Crippen LogP contribution in [-0.4, -0.2) is 24.9 Å². The van der Waals surface area contributed by atoms with Gasteiger partial charge in [-0.05, 0) is 40.1 Å². The Bertz CT molecular complexity index is 684. The van der Waals surface area contributed by atoms with Crippen molar-refractivity contribution in [2.75, 3.05) is 7.05 Å². The largest absolute Gasteiger partial charge is 0.392 e. The second kappa shape index (κ2) is 6.24. The van der Waals surface area contributed by atoms with Crippen LogP contribution >= 0.6 is 22.9 Å².